The molecule has 1 atom stereocenters. The number of cyclic esters (lactones) is 1. The van der Waals surface area contributed by atoms with Gasteiger partial charge in [0.15, 0.2) is 0 Å². The average Bonchev–Trinajstić information content (AvgIpc) is 2.51. The molecule has 1 unspecified atom stereocenters. The Hall–Kier alpha value is -1.00. The third kappa shape index (κ3) is 1.63. The van der Waals surface area contributed by atoms with Crippen molar-refractivity contribution < 1.29 is 9.53 Å². The van der Waals surface area contributed by atoms with Gasteiger partial charge in [0.25, 0.3) is 0 Å². The van der Waals surface area contributed by atoms with Gasteiger partial charge in [0.1, 0.15) is 6.61 Å². The molecule has 1 N–H and O–H groups in total. The molecule has 2 heterocycles. The highest BCUT2D eigenvalue weighted by atomic mass is 35.5. The molecule has 0 radical (unpaired) electrons. The molecule has 0 spiro atoms. The second kappa shape index (κ2) is 3.63. The van der Waals surface area contributed by atoms with Crippen LogP contribution in [0.5, 0.6) is 0 Å². The van der Waals surface area contributed by atoms with Crippen LogP contribution >= 0.6 is 23.2 Å². The normalized spacial score (nSPS) is 20.4. The van der Waals surface area contributed by atoms with Crippen LogP contribution in [0.4, 0.5) is 4.79 Å². The number of alkyl carbamates (subject to hydrolysis) is 1. The van der Waals surface area contributed by atoms with Gasteiger partial charge in [-0.25, -0.2) is 4.79 Å². The van der Waals surface area contributed by atoms with Gasteiger partial charge in [-0.2, -0.15) is 0 Å². The maximum absolute atomic E-state index is 10.8. The molecule has 6 heteroatoms. The van der Waals surface area contributed by atoms with Crippen molar-refractivity contribution in [2.45, 2.75) is 6.04 Å². The number of aromatic nitrogens is 1. The van der Waals surface area contributed by atoms with Crippen molar-refractivity contribution in [3.8, 4) is 0 Å². The van der Waals surface area contributed by atoms with E-state index in [2.05, 4.69) is 10.3 Å². The zero-order chi connectivity index (χ0) is 10.1. The van der Waals surface area contributed by atoms with E-state index in [1.54, 1.807) is 0 Å². The number of hydrogen-bond acceptors (Lipinski definition) is 3. The highest BCUT2D eigenvalue weighted by Crippen LogP contribution is 2.31. The first-order chi connectivity index (χ1) is 6.68. The number of carbonyl (C=O) groups excluding carboxylic acids is 1. The van der Waals surface area contributed by atoms with Gasteiger partial charge in [-0.3, -0.25) is 4.98 Å². The smallest absolute Gasteiger partial charge is 0.407 e. The van der Waals surface area contributed by atoms with Gasteiger partial charge in [-0.1, -0.05) is 23.2 Å². The first-order valence-corrected chi connectivity index (χ1v) is 4.66. The molecule has 4 nitrogen and oxygen atoms in total. The maximum atomic E-state index is 10.8. The Morgan fingerprint density at radius 3 is 2.57 bits per heavy atom. The zero-order valence-electron chi connectivity index (χ0n) is 6.96. The Kier molecular flexibility index (Phi) is 2.48. The fourth-order valence-electron chi connectivity index (χ4n) is 1.29. The third-order valence-electron chi connectivity index (χ3n) is 1.91. The maximum Gasteiger partial charge on any atom is 0.407 e. The van der Waals surface area contributed by atoms with Gasteiger partial charge >= 0.3 is 6.09 Å². The van der Waals surface area contributed by atoms with Crippen LogP contribution in [-0.4, -0.2) is 17.7 Å². The molecule has 1 aromatic rings. The molecule has 1 saturated heterocycles. The molecule has 2 rings (SSSR count). The van der Waals surface area contributed by atoms with Crippen molar-refractivity contribution in [2.75, 3.05) is 6.61 Å². The molecular formula is C8H6Cl2N2O2. The lowest BCUT2D eigenvalue weighted by molar-refractivity contribution is 0.177. The summed E-state index contributed by atoms with van der Waals surface area (Å²) in [5, 5.41) is 3.44. The zero-order valence-corrected chi connectivity index (χ0v) is 8.47. The number of nitrogens with one attached hydrogen (secondary N) is 1. The van der Waals surface area contributed by atoms with Crippen molar-refractivity contribution >= 4 is 29.3 Å². The minimum absolute atomic E-state index is 0.238. The average molecular weight is 233 g/mol. The van der Waals surface area contributed by atoms with Crippen LogP contribution in [-0.2, 0) is 4.74 Å². The van der Waals surface area contributed by atoms with E-state index in [0.717, 1.165) is 0 Å². The summed E-state index contributed by atoms with van der Waals surface area (Å²) < 4.78 is 4.74. The van der Waals surface area contributed by atoms with Crippen LogP contribution in [0.3, 0.4) is 0 Å². The predicted molar refractivity (Wildman–Crippen MR) is 51.5 cm³/mol. The van der Waals surface area contributed by atoms with Gasteiger partial charge in [0, 0.05) is 18.0 Å². The fourth-order valence-corrected chi connectivity index (χ4v) is 1.92. The number of halogens is 2. The number of carbonyl (C=O) groups is 1. The molecule has 1 amide bonds. The summed E-state index contributed by atoms with van der Waals surface area (Å²) in [5.41, 5.74) is 0.647. The van der Waals surface area contributed by atoms with E-state index in [4.69, 9.17) is 27.9 Å². The van der Waals surface area contributed by atoms with Crippen LogP contribution in [0.2, 0.25) is 10.0 Å². The molecule has 0 bridgehead atoms. The van der Waals surface area contributed by atoms with Crippen LogP contribution < -0.4 is 5.32 Å². The number of pyridine rings is 1. The van der Waals surface area contributed by atoms with Crippen molar-refractivity contribution in [1.29, 1.82) is 0 Å². The van der Waals surface area contributed by atoms with Gasteiger partial charge < -0.3 is 10.1 Å². The standard InChI is InChI=1S/C8H6Cl2N2O2/c9-4-1-11-2-5(10)7(4)6-3-14-8(13)12-6/h1-2,6H,3H2,(H,12,13). The number of ether oxygens (including phenoxy) is 1. The summed E-state index contributed by atoms with van der Waals surface area (Å²) in [6, 6.07) is -0.287. The van der Waals surface area contributed by atoms with Crippen molar-refractivity contribution in [3.05, 3.63) is 28.0 Å². The Morgan fingerprint density at radius 2 is 2.07 bits per heavy atom. The van der Waals surface area contributed by atoms with Gasteiger partial charge in [-0.15, -0.1) is 0 Å². The molecule has 1 aliphatic rings. The highest BCUT2D eigenvalue weighted by Gasteiger charge is 2.27. The van der Waals surface area contributed by atoms with Crippen molar-refractivity contribution in [3.63, 3.8) is 0 Å². The predicted octanol–water partition coefficient (Wildman–Crippen LogP) is 2.17. The second-order valence-corrected chi connectivity index (χ2v) is 3.63. The lowest BCUT2D eigenvalue weighted by Crippen LogP contribution is -2.19. The van der Waals surface area contributed by atoms with Crippen molar-refractivity contribution in [1.82, 2.24) is 10.3 Å². The summed E-state index contributed by atoms with van der Waals surface area (Å²) in [6.07, 6.45) is 2.50. The lowest BCUT2D eigenvalue weighted by Gasteiger charge is -2.10. The van der Waals surface area contributed by atoms with Crippen LogP contribution in [0.25, 0.3) is 0 Å². The lowest BCUT2D eigenvalue weighted by atomic mass is 10.1. The summed E-state index contributed by atoms with van der Waals surface area (Å²) in [6.45, 7) is 0.238. The van der Waals surface area contributed by atoms with Crippen molar-refractivity contribution in [2.24, 2.45) is 0 Å². The first kappa shape index (κ1) is 9.55. The van der Waals surface area contributed by atoms with Crippen LogP contribution in [0, 0.1) is 0 Å². The van der Waals surface area contributed by atoms with E-state index in [-0.39, 0.29) is 12.6 Å². The van der Waals surface area contributed by atoms with Gasteiger partial charge in [0.2, 0.25) is 0 Å². The number of hydrogen-bond donors (Lipinski definition) is 1. The summed E-state index contributed by atoms with van der Waals surface area (Å²) in [4.78, 5) is 14.6. The number of amides is 1. The largest absolute Gasteiger partial charge is 0.447 e. The number of rotatable bonds is 1. The van der Waals surface area contributed by atoms with Crippen LogP contribution in [0.1, 0.15) is 11.6 Å². The molecule has 1 aliphatic heterocycles. The van der Waals surface area contributed by atoms with E-state index in [0.29, 0.717) is 15.6 Å². The molecule has 1 fully saturated rings. The Morgan fingerprint density at radius 1 is 1.43 bits per heavy atom. The van der Waals surface area contributed by atoms with E-state index >= 15 is 0 Å². The van der Waals surface area contributed by atoms with E-state index in [9.17, 15) is 4.79 Å². The molecule has 14 heavy (non-hydrogen) atoms. The fraction of sp³-hybridized carbons (Fsp3) is 0.250. The first-order valence-electron chi connectivity index (χ1n) is 3.90. The SMILES string of the molecule is O=C1NC(c2c(Cl)cncc2Cl)CO1. The molecule has 1 aromatic heterocycles. The van der Waals surface area contributed by atoms with Gasteiger partial charge in [-0.05, 0) is 0 Å². The molecule has 0 aromatic carbocycles. The summed E-state index contributed by atoms with van der Waals surface area (Å²) in [5.74, 6) is 0. The Bertz CT molecular complexity index is 363. The van der Waals surface area contributed by atoms with E-state index < -0.39 is 6.09 Å². The Labute approximate surface area is 90.2 Å². The van der Waals surface area contributed by atoms with Crippen LogP contribution in [0.15, 0.2) is 12.4 Å². The van der Waals surface area contributed by atoms with E-state index in [1.807, 2.05) is 0 Å². The van der Waals surface area contributed by atoms with Gasteiger partial charge in [0.05, 0.1) is 16.1 Å². The molecule has 74 valence electrons. The topological polar surface area (TPSA) is 51.2 Å². The molecule has 0 saturated carbocycles. The monoisotopic (exact) mass is 232 g/mol. The van der Waals surface area contributed by atoms with E-state index in [1.165, 1.54) is 12.4 Å². The third-order valence-corrected chi connectivity index (χ3v) is 2.51. The second-order valence-electron chi connectivity index (χ2n) is 2.81. The molecule has 0 aliphatic carbocycles. The molecular weight excluding hydrogens is 227 g/mol. The summed E-state index contributed by atoms with van der Waals surface area (Å²) >= 11 is 11.8. The highest BCUT2D eigenvalue weighted by molar-refractivity contribution is 6.35. The number of nitrogens with zero attached hydrogens (tertiary/aromatic N) is 1. The Balaban J connectivity index is 2.36. The quantitative estimate of drug-likeness (QED) is 0.808. The summed E-state index contributed by atoms with van der Waals surface area (Å²) in [7, 11) is 0. The minimum atomic E-state index is -0.459. The minimum Gasteiger partial charge on any atom is -0.447 e.